The Balaban J connectivity index is 1.90. The molecule has 0 unspecified atom stereocenters. The van der Waals surface area contributed by atoms with Gasteiger partial charge in [0.05, 0.1) is 7.11 Å². The maximum absolute atomic E-state index is 12.2. The number of hydrogen-bond acceptors (Lipinski definition) is 6. The third kappa shape index (κ3) is 4.65. The normalized spacial score (nSPS) is 14.5. The predicted octanol–water partition coefficient (Wildman–Crippen LogP) is 4.72. The van der Waals surface area contributed by atoms with Gasteiger partial charge in [0.15, 0.2) is 11.5 Å². The molecule has 0 bridgehead atoms. The van der Waals surface area contributed by atoms with Gasteiger partial charge in [-0.1, -0.05) is 31.4 Å². The van der Waals surface area contributed by atoms with E-state index in [-0.39, 0.29) is 10.6 Å². The van der Waals surface area contributed by atoms with Gasteiger partial charge in [-0.05, 0) is 37.5 Å². The molecule has 6 nitrogen and oxygen atoms in total. The summed E-state index contributed by atoms with van der Waals surface area (Å²) in [5.74, 6) is -1.35. The van der Waals surface area contributed by atoms with E-state index in [9.17, 15) is 9.59 Å². The minimum absolute atomic E-state index is 0.278. The van der Waals surface area contributed by atoms with Crippen LogP contribution in [0.3, 0.4) is 0 Å². The highest BCUT2D eigenvalue weighted by molar-refractivity contribution is 7.18. The maximum Gasteiger partial charge on any atom is 0.351 e. The van der Waals surface area contributed by atoms with Gasteiger partial charge in [0.2, 0.25) is 0 Å². The van der Waals surface area contributed by atoms with E-state index >= 15 is 0 Å². The number of rotatable bonds is 7. The molecule has 1 aromatic heterocycles. The summed E-state index contributed by atoms with van der Waals surface area (Å²) in [7, 11) is 1.30. The Morgan fingerprint density at radius 3 is 2.68 bits per heavy atom. The predicted molar refractivity (Wildman–Crippen MR) is 109 cm³/mol. The fourth-order valence-electron chi connectivity index (χ4n) is 3.54. The smallest absolute Gasteiger partial charge is 0.351 e. The highest BCUT2D eigenvalue weighted by atomic mass is 32.1. The second kappa shape index (κ2) is 9.10. The molecule has 3 rings (SSSR count). The molecule has 1 aliphatic carbocycles. The standard InChI is InChI=1S/C21H25NO5S/c1-13-18(27-12-17(23)24)20(21(25)26-2)28-19(13)14-7-6-10-16(11-14)22-15-8-4-3-5-9-15/h6-7,10-11,15,22H,3-5,8-9,12H2,1-2H3,(H,23,24). The number of carbonyl (C=O) groups is 2. The monoisotopic (exact) mass is 403 g/mol. The Labute approximate surface area is 168 Å². The first kappa shape index (κ1) is 20.2. The van der Waals surface area contributed by atoms with Gasteiger partial charge in [0.25, 0.3) is 0 Å². The number of nitrogens with one attached hydrogen (secondary N) is 1. The van der Waals surface area contributed by atoms with Gasteiger partial charge in [0.1, 0.15) is 5.75 Å². The van der Waals surface area contributed by atoms with Crippen LogP contribution < -0.4 is 10.1 Å². The third-order valence-electron chi connectivity index (χ3n) is 4.90. The molecule has 0 saturated heterocycles. The molecule has 1 saturated carbocycles. The largest absolute Gasteiger partial charge is 0.480 e. The zero-order valence-electron chi connectivity index (χ0n) is 16.1. The highest BCUT2D eigenvalue weighted by Gasteiger charge is 2.24. The molecule has 0 amide bonds. The van der Waals surface area contributed by atoms with E-state index < -0.39 is 18.5 Å². The lowest BCUT2D eigenvalue weighted by Crippen LogP contribution is -2.22. The molecule has 28 heavy (non-hydrogen) atoms. The third-order valence-corrected chi connectivity index (χ3v) is 6.21. The Bertz CT molecular complexity index is 854. The summed E-state index contributed by atoms with van der Waals surface area (Å²) in [6, 6.07) is 8.57. The van der Waals surface area contributed by atoms with E-state index in [4.69, 9.17) is 14.6 Å². The average Bonchev–Trinajstić information content (AvgIpc) is 3.03. The Morgan fingerprint density at radius 1 is 1.25 bits per heavy atom. The second-order valence-corrected chi connectivity index (χ2v) is 7.97. The van der Waals surface area contributed by atoms with Crippen molar-refractivity contribution in [3.63, 3.8) is 0 Å². The van der Waals surface area contributed by atoms with Gasteiger partial charge in [-0.2, -0.15) is 0 Å². The van der Waals surface area contributed by atoms with Gasteiger partial charge in [0, 0.05) is 22.2 Å². The fraction of sp³-hybridized carbons (Fsp3) is 0.429. The number of esters is 1. The van der Waals surface area contributed by atoms with Crippen molar-refractivity contribution in [2.75, 3.05) is 19.0 Å². The summed E-state index contributed by atoms with van der Waals surface area (Å²) in [6.07, 6.45) is 6.19. The van der Waals surface area contributed by atoms with E-state index in [2.05, 4.69) is 11.4 Å². The molecule has 150 valence electrons. The number of thiophene rings is 1. The lowest BCUT2D eigenvalue weighted by molar-refractivity contribution is -0.139. The SMILES string of the molecule is COC(=O)c1sc(-c2cccc(NC3CCCCC3)c2)c(C)c1OCC(=O)O. The number of carboxylic acid groups (broad SMARTS) is 1. The van der Waals surface area contributed by atoms with Crippen LogP contribution in [0.25, 0.3) is 10.4 Å². The van der Waals surface area contributed by atoms with Crippen molar-refractivity contribution in [1.29, 1.82) is 0 Å². The van der Waals surface area contributed by atoms with Gasteiger partial charge < -0.3 is 19.9 Å². The number of benzene rings is 1. The molecule has 0 radical (unpaired) electrons. The topological polar surface area (TPSA) is 84.9 Å². The number of aliphatic carboxylic acids is 1. The molecule has 7 heteroatoms. The minimum Gasteiger partial charge on any atom is -0.480 e. The first-order valence-electron chi connectivity index (χ1n) is 9.43. The van der Waals surface area contributed by atoms with Gasteiger partial charge in [-0.15, -0.1) is 11.3 Å². The molecule has 0 atom stereocenters. The van der Waals surface area contributed by atoms with Crippen molar-refractivity contribution in [3.05, 3.63) is 34.7 Å². The molecule has 2 N–H and O–H groups in total. The lowest BCUT2D eigenvalue weighted by atomic mass is 9.95. The first-order valence-corrected chi connectivity index (χ1v) is 10.2. The van der Waals surface area contributed by atoms with E-state index in [1.165, 1.54) is 50.6 Å². The number of hydrogen-bond donors (Lipinski definition) is 2. The summed E-state index contributed by atoms with van der Waals surface area (Å²) in [6.45, 7) is 1.32. The van der Waals surface area contributed by atoms with Crippen LogP contribution in [-0.4, -0.2) is 36.8 Å². The van der Waals surface area contributed by atoms with Gasteiger partial charge in [-0.25, -0.2) is 9.59 Å². The maximum atomic E-state index is 12.2. The van der Waals surface area contributed by atoms with Crippen LogP contribution in [0.1, 0.15) is 47.3 Å². The number of ether oxygens (including phenoxy) is 2. The van der Waals surface area contributed by atoms with Crippen molar-refractivity contribution in [2.24, 2.45) is 0 Å². The summed E-state index contributed by atoms with van der Waals surface area (Å²) in [5.41, 5.74) is 2.74. The zero-order valence-corrected chi connectivity index (χ0v) is 16.9. The van der Waals surface area contributed by atoms with E-state index in [1.807, 2.05) is 25.1 Å². The van der Waals surface area contributed by atoms with Crippen LogP contribution in [-0.2, 0) is 9.53 Å². The fourth-order valence-corrected chi connectivity index (χ4v) is 4.71. The first-order chi connectivity index (χ1) is 13.5. The van der Waals surface area contributed by atoms with Crippen molar-refractivity contribution in [3.8, 4) is 16.2 Å². The average molecular weight is 404 g/mol. The van der Waals surface area contributed by atoms with E-state index in [0.717, 1.165) is 21.7 Å². The van der Waals surface area contributed by atoms with Gasteiger partial charge in [-0.3, -0.25) is 0 Å². The minimum atomic E-state index is -1.10. The van der Waals surface area contributed by atoms with E-state index in [0.29, 0.717) is 6.04 Å². The van der Waals surface area contributed by atoms with Crippen molar-refractivity contribution in [1.82, 2.24) is 0 Å². The summed E-state index contributed by atoms with van der Waals surface area (Å²) >= 11 is 1.26. The number of carboxylic acids is 1. The number of methoxy groups -OCH3 is 1. The molecule has 0 spiro atoms. The van der Waals surface area contributed by atoms with Crippen LogP contribution in [0.2, 0.25) is 0 Å². The molecule has 0 aliphatic heterocycles. The Morgan fingerprint density at radius 2 is 2.00 bits per heavy atom. The molecule has 1 aromatic carbocycles. The quantitative estimate of drug-likeness (QED) is 0.651. The van der Waals surface area contributed by atoms with E-state index in [1.54, 1.807) is 0 Å². The van der Waals surface area contributed by atoms with Crippen LogP contribution >= 0.6 is 11.3 Å². The van der Waals surface area contributed by atoms with Crippen LogP contribution in [0.4, 0.5) is 5.69 Å². The summed E-state index contributed by atoms with van der Waals surface area (Å²) in [5, 5.41) is 12.5. The Hall–Kier alpha value is -2.54. The van der Waals surface area contributed by atoms with Crippen molar-refractivity contribution < 1.29 is 24.2 Å². The second-order valence-electron chi connectivity index (χ2n) is 6.95. The highest BCUT2D eigenvalue weighted by Crippen LogP contribution is 2.42. The summed E-state index contributed by atoms with van der Waals surface area (Å²) < 4.78 is 10.2. The van der Waals surface area contributed by atoms with Crippen molar-refractivity contribution >= 4 is 29.0 Å². The lowest BCUT2D eigenvalue weighted by Gasteiger charge is -2.24. The Kier molecular flexibility index (Phi) is 6.57. The number of anilines is 1. The molecular weight excluding hydrogens is 378 g/mol. The molecule has 1 heterocycles. The molecule has 2 aromatic rings. The van der Waals surface area contributed by atoms with Gasteiger partial charge >= 0.3 is 11.9 Å². The summed E-state index contributed by atoms with van der Waals surface area (Å²) in [4.78, 5) is 24.2. The zero-order chi connectivity index (χ0) is 20.1. The molecular formula is C21H25NO5S. The van der Waals surface area contributed by atoms with Crippen molar-refractivity contribution in [2.45, 2.75) is 45.1 Å². The van der Waals surface area contributed by atoms with Crippen LogP contribution in [0.5, 0.6) is 5.75 Å². The van der Waals surface area contributed by atoms with Crippen LogP contribution in [0, 0.1) is 6.92 Å². The van der Waals surface area contributed by atoms with Crippen LogP contribution in [0.15, 0.2) is 24.3 Å². The molecule has 1 aliphatic rings. The molecule has 1 fully saturated rings. The number of carbonyl (C=O) groups excluding carboxylic acids is 1.